The Morgan fingerprint density at radius 3 is 2.15 bits per heavy atom. The monoisotopic (exact) mass is 349 g/mol. The molecule has 134 valence electrons. The lowest BCUT2D eigenvalue weighted by Crippen LogP contribution is -2.24. The minimum Gasteiger partial charge on any atom is -0.372 e. The molecule has 5 heteroatoms. The molecule has 0 saturated heterocycles. The zero-order valence-corrected chi connectivity index (χ0v) is 15.2. The molecule has 0 radical (unpaired) electrons. The van der Waals surface area contributed by atoms with E-state index in [-0.39, 0.29) is 11.3 Å². The Hall–Kier alpha value is -3.13. The minimum absolute atomic E-state index is 0.0715. The van der Waals surface area contributed by atoms with Crippen LogP contribution in [0.4, 0.5) is 11.4 Å². The van der Waals surface area contributed by atoms with E-state index in [0.29, 0.717) is 0 Å². The molecule has 2 rings (SSSR count). The van der Waals surface area contributed by atoms with Gasteiger partial charge in [-0.15, -0.1) is 0 Å². The van der Waals surface area contributed by atoms with Crippen LogP contribution in [0.2, 0.25) is 0 Å². The van der Waals surface area contributed by atoms with Crippen molar-refractivity contribution in [2.24, 2.45) is 0 Å². The van der Waals surface area contributed by atoms with Crippen LogP contribution in [0.15, 0.2) is 42.5 Å². The summed E-state index contributed by atoms with van der Waals surface area (Å²) < 4.78 is 0. The number of nitriles is 1. The first kappa shape index (κ1) is 19.2. The predicted molar refractivity (Wildman–Crippen MR) is 106 cm³/mol. The lowest BCUT2D eigenvalue weighted by atomic mass is 10.1. The van der Waals surface area contributed by atoms with Crippen molar-refractivity contribution in [3.63, 3.8) is 0 Å². The highest BCUT2D eigenvalue weighted by atomic mass is 16.6. The number of anilines is 1. The topological polar surface area (TPSA) is 70.2 Å². The number of hydrogen-bond acceptors (Lipinski definition) is 4. The molecule has 0 atom stereocenters. The molecule has 2 aromatic rings. The molecule has 0 aromatic heterocycles. The second-order valence-corrected chi connectivity index (χ2v) is 6.06. The molecular weight excluding hydrogens is 326 g/mol. The van der Waals surface area contributed by atoms with Crippen molar-refractivity contribution >= 4 is 23.5 Å². The Morgan fingerprint density at radius 1 is 1.04 bits per heavy atom. The molecule has 0 spiro atoms. The first-order valence-electron chi connectivity index (χ1n) is 8.80. The van der Waals surface area contributed by atoms with Gasteiger partial charge < -0.3 is 4.90 Å². The van der Waals surface area contributed by atoms with Crippen LogP contribution in [0.3, 0.4) is 0 Å². The summed E-state index contributed by atoms with van der Waals surface area (Å²) in [4.78, 5) is 12.7. The first-order valence-corrected chi connectivity index (χ1v) is 8.80. The summed E-state index contributed by atoms with van der Waals surface area (Å²) in [6.07, 6.45) is 6.03. The molecule has 0 heterocycles. The Bertz CT molecular complexity index is 814. The zero-order chi connectivity index (χ0) is 18.9. The molecule has 0 aliphatic rings. The molecule has 0 unspecified atom stereocenters. The van der Waals surface area contributed by atoms with Gasteiger partial charge in [0.1, 0.15) is 11.6 Å². The highest BCUT2D eigenvalue weighted by molar-refractivity contribution is 5.72. The van der Waals surface area contributed by atoms with Crippen molar-refractivity contribution < 1.29 is 4.92 Å². The van der Waals surface area contributed by atoms with Gasteiger partial charge in [-0.05, 0) is 48.2 Å². The summed E-state index contributed by atoms with van der Waals surface area (Å²) in [7, 11) is 0. The fraction of sp³-hybridized carbons (Fsp3) is 0.286. The molecule has 2 aromatic carbocycles. The molecule has 5 nitrogen and oxygen atoms in total. The van der Waals surface area contributed by atoms with Gasteiger partial charge in [0, 0.05) is 24.8 Å². The van der Waals surface area contributed by atoms with E-state index in [1.165, 1.54) is 17.8 Å². The van der Waals surface area contributed by atoms with Crippen LogP contribution >= 0.6 is 0 Å². The predicted octanol–water partition coefficient (Wildman–Crippen LogP) is 5.26. The van der Waals surface area contributed by atoms with Gasteiger partial charge in [0.25, 0.3) is 5.69 Å². The number of nitrogens with zero attached hydrogens (tertiary/aromatic N) is 3. The lowest BCUT2D eigenvalue weighted by molar-refractivity contribution is -0.385. The number of benzene rings is 2. The minimum atomic E-state index is -0.539. The van der Waals surface area contributed by atoms with E-state index in [1.54, 1.807) is 6.07 Å². The highest BCUT2D eigenvalue weighted by Crippen LogP contribution is 2.21. The van der Waals surface area contributed by atoms with Crippen LogP contribution in [0.25, 0.3) is 12.2 Å². The van der Waals surface area contributed by atoms with E-state index in [4.69, 9.17) is 5.26 Å². The van der Waals surface area contributed by atoms with Gasteiger partial charge in [0.05, 0.1) is 4.92 Å². The van der Waals surface area contributed by atoms with E-state index in [0.717, 1.165) is 37.1 Å². The number of hydrogen-bond donors (Lipinski definition) is 0. The third-order valence-corrected chi connectivity index (χ3v) is 4.05. The second kappa shape index (κ2) is 9.38. The second-order valence-electron chi connectivity index (χ2n) is 6.06. The van der Waals surface area contributed by atoms with Crippen LogP contribution in [0.1, 0.15) is 43.4 Å². The summed E-state index contributed by atoms with van der Waals surface area (Å²) in [5, 5.41) is 19.9. The Balaban J connectivity index is 2.16. The summed E-state index contributed by atoms with van der Waals surface area (Å²) in [5.41, 5.74) is 2.92. The molecule has 0 amide bonds. The van der Waals surface area contributed by atoms with Crippen molar-refractivity contribution in [1.82, 2.24) is 0 Å². The van der Waals surface area contributed by atoms with Crippen molar-refractivity contribution in [3.8, 4) is 6.07 Å². The molecular formula is C21H23N3O2. The van der Waals surface area contributed by atoms with Crippen LogP contribution in [0, 0.1) is 21.4 Å². The van der Waals surface area contributed by atoms with Crippen molar-refractivity contribution in [3.05, 3.63) is 69.3 Å². The Kier molecular flexibility index (Phi) is 6.92. The normalized spacial score (nSPS) is 10.7. The standard InChI is InChI=1S/C21H23N3O2/c1-3-13-23(14-4-2)20-10-7-17(8-11-20)5-6-18-9-12-21(24(25)26)19(15-18)16-22/h5-12,15H,3-4,13-14H2,1-2H3. The van der Waals surface area contributed by atoms with Gasteiger partial charge in [0.15, 0.2) is 0 Å². The highest BCUT2D eigenvalue weighted by Gasteiger charge is 2.12. The molecule has 0 fully saturated rings. The lowest BCUT2D eigenvalue weighted by Gasteiger charge is -2.23. The largest absolute Gasteiger partial charge is 0.372 e. The van der Waals surface area contributed by atoms with E-state index in [1.807, 2.05) is 18.2 Å². The maximum atomic E-state index is 10.9. The van der Waals surface area contributed by atoms with Crippen molar-refractivity contribution in [2.45, 2.75) is 26.7 Å². The third kappa shape index (κ3) is 4.93. The molecule has 0 aliphatic heterocycles. The van der Waals surface area contributed by atoms with E-state index >= 15 is 0 Å². The molecule has 26 heavy (non-hydrogen) atoms. The van der Waals surface area contributed by atoms with Gasteiger partial charge in [-0.2, -0.15) is 5.26 Å². The van der Waals surface area contributed by atoms with Crippen molar-refractivity contribution in [2.75, 3.05) is 18.0 Å². The van der Waals surface area contributed by atoms with E-state index in [2.05, 4.69) is 43.0 Å². The van der Waals surface area contributed by atoms with Gasteiger partial charge in [-0.3, -0.25) is 10.1 Å². The molecule has 0 bridgehead atoms. The van der Waals surface area contributed by atoms with Crippen molar-refractivity contribution in [1.29, 1.82) is 5.26 Å². The summed E-state index contributed by atoms with van der Waals surface area (Å²) in [6.45, 7) is 6.45. The molecule has 0 aliphatic carbocycles. The number of nitro benzene ring substituents is 1. The summed E-state index contributed by atoms with van der Waals surface area (Å²) in [5.74, 6) is 0. The smallest absolute Gasteiger partial charge is 0.287 e. The van der Waals surface area contributed by atoms with Crippen LogP contribution in [-0.4, -0.2) is 18.0 Å². The zero-order valence-electron chi connectivity index (χ0n) is 15.2. The van der Waals surface area contributed by atoms with Crippen LogP contribution < -0.4 is 4.90 Å². The Labute approximate surface area is 154 Å². The SMILES string of the molecule is CCCN(CCC)c1ccc(C=Cc2ccc([N+](=O)[O-])c(C#N)c2)cc1. The van der Waals surface area contributed by atoms with Gasteiger partial charge in [-0.25, -0.2) is 0 Å². The van der Waals surface area contributed by atoms with Crippen LogP contribution in [0.5, 0.6) is 0 Å². The van der Waals surface area contributed by atoms with E-state index < -0.39 is 4.92 Å². The maximum Gasteiger partial charge on any atom is 0.287 e. The van der Waals surface area contributed by atoms with E-state index in [9.17, 15) is 10.1 Å². The average Bonchev–Trinajstić information content (AvgIpc) is 2.66. The average molecular weight is 349 g/mol. The molecule has 0 saturated carbocycles. The number of rotatable bonds is 8. The van der Waals surface area contributed by atoms with Gasteiger partial charge >= 0.3 is 0 Å². The molecule has 0 N–H and O–H groups in total. The number of nitro groups is 1. The quantitative estimate of drug-likeness (QED) is 0.370. The fourth-order valence-electron chi connectivity index (χ4n) is 2.80. The summed E-state index contributed by atoms with van der Waals surface area (Å²) in [6, 6.07) is 14.8. The fourth-order valence-corrected chi connectivity index (χ4v) is 2.80. The first-order chi connectivity index (χ1) is 12.6. The summed E-state index contributed by atoms with van der Waals surface area (Å²) >= 11 is 0. The van der Waals surface area contributed by atoms with Gasteiger partial charge in [0.2, 0.25) is 0 Å². The third-order valence-electron chi connectivity index (χ3n) is 4.05. The maximum absolute atomic E-state index is 10.9. The van der Waals surface area contributed by atoms with Gasteiger partial charge in [-0.1, -0.05) is 38.1 Å². The van der Waals surface area contributed by atoms with Crippen LogP contribution in [-0.2, 0) is 0 Å². The Morgan fingerprint density at radius 2 is 1.62 bits per heavy atom.